The number of hydrogen-bond donors (Lipinski definition) is 2. The van der Waals surface area contributed by atoms with E-state index in [2.05, 4.69) is 17.2 Å². The van der Waals surface area contributed by atoms with Crippen LogP contribution in [0.5, 0.6) is 0 Å². The summed E-state index contributed by atoms with van der Waals surface area (Å²) in [5.74, 6) is 0.440. The molecule has 0 aliphatic carbocycles. The number of carbonyl (C=O) groups excluding carboxylic acids is 1. The average Bonchev–Trinajstić information content (AvgIpc) is 2.27. The van der Waals surface area contributed by atoms with Crippen LogP contribution in [0.1, 0.15) is 20.3 Å². The molecule has 0 aromatic heterocycles. The Bertz CT molecular complexity index is 368. The van der Waals surface area contributed by atoms with Crippen LogP contribution >= 0.6 is 0 Å². The minimum atomic E-state index is 0.0619. The van der Waals surface area contributed by atoms with Crippen LogP contribution in [-0.2, 0) is 4.79 Å². The predicted octanol–water partition coefficient (Wildman–Crippen LogP) is 3.27. The van der Waals surface area contributed by atoms with E-state index in [0.717, 1.165) is 17.9 Å². The zero-order valence-electron chi connectivity index (χ0n) is 10.5. The highest BCUT2D eigenvalue weighted by molar-refractivity contribution is 5.90. The van der Waals surface area contributed by atoms with E-state index in [-0.39, 0.29) is 5.91 Å². The van der Waals surface area contributed by atoms with Gasteiger partial charge in [0, 0.05) is 24.3 Å². The van der Waals surface area contributed by atoms with E-state index in [4.69, 9.17) is 0 Å². The molecule has 0 spiro atoms. The van der Waals surface area contributed by atoms with Gasteiger partial charge in [-0.15, -0.1) is 6.58 Å². The molecular weight excluding hydrogens is 212 g/mol. The molecule has 3 heteroatoms. The molecule has 0 saturated heterocycles. The summed E-state index contributed by atoms with van der Waals surface area (Å²) < 4.78 is 0. The minimum Gasteiger partial charge on any atom is -0.382 e. The first-order valence-corrected chi connectivity index (χ1v) is 5.86. The normalized spacial score (nSPS) is 10.1. The van der Waals surface area contributed by atoms with Gasteiger partial charge in [-0.25, -0.2) is 0 Å². The van der Waals surface area contributed by atoms with E-state index in [1.165, 1.54) is 0 Å². The van der Waals surface area contributed by atoms with Crippen molar-refractivity contribution in [2.24, 2.45) is 5.92 Å². The molecular formula is C14H20N2O. The number of carbonyl (C=O) groups is 1. The highest BCUT2D eigenvalue weighted by Crippen LogP contribution is 2.14. The molecule has 0 aliphatic rings. The zero-order valence-corrected chi connectivity index (χ0v) is 10.5. The molecule has 1 amide bonds. The standard InChI is InChI=1S/C14H20N2O/c1-4-9-15-12-5-7-13(8-6-12)16-14(17)10-11(2)3/h4-8,11,15H,1,9-10H2,2-3H3,(H,16,17). The first-order valence-electron chi connectivity index (χ1n) is 5.86. The summed E-state index contributed by atoms with van der Waals surface area (Å²) in [5.41, 5.74) is 1.85. The third-order valence-corrected chi connectivity index (χ3v) is 2.21. The van der Waals surface area contributed by atoms with Gasteiger partial charge < -0.3 is 10.6 Å². The maximum atomic E-state index is 11.5. The predicted molar refractivity (Wildman–Crippen MR) is 73.2 cm³/mol. The van der Waals surface area contributed by atoms with Crippen LogP contribution in [0.15, 0.2) is 36.9 Å². The van der Waals surface area contributed by atoms with Gasteiger partial charge in [-0.3, -0.25) is 4.79 Å². The van der Waals surface area contributed by atoms with Crippen molar-refractivity contribution in [2.75, 3.05) is 17.2 Å². The summed E-state index contributed by atoms with van der Waals surface area (Å²) in [6, 6.07) is 7.66. The smallest absolute Gasteiger partial charge is 0.224 e. The lowest BCUT2D eigenvalue weighted by Crippen LogP contribution is -2.13. The van der Waals surface area contributed by atoms with E-state index in [1.54, 1.807) is 6.08 Å². The van der Waals surface area contributed by atoms with Crippen LogP contribution in [0, 0.1) is 5.92 Å². The van der Waals surface area contributed by atoms with E-state index in [1.807, 2.05) is 38.1 Å². The van der Waals surface area contributed by atoms with Crippen LogP contribution in [0.2, 0.25) is 0 Å². The number of amides is 1. The molecule has 17 heavy (non-hydrogen) atoms. The van der Waals surface area contributed by atoms with Crippen molar-refractivity contribution in [3.63, 3.8) is 0 Å². The SMILES string of the molecule is C=CCNc1ccc(NC(=O)CC(C)C)cc1. The number of rotatable bonds is 6. The molecule has 0 bridgehead atoms. The summed E-state index contributed by atoms with van der Waals surface area (Å²) in [4.78, 5) is 11.5. The van der Waals surface area contributed by atoms with Crippen LogP contribution in [0.4, 0.5) is 11.4 Å². The quantitative estimate of drug-likeness (QED) is 0.739. The van der Waals surface area contributed by atoms with E-state index in [9.17, 15) is 4.79 Å². The van der Waals surface area contributed by atoms with E-state index >= 15 is 0 Å². The minimum absolute atomic E-state index is 0.0619. The third kappa shape index (κ3) is 5.20. The van der Waals surface area contributed by atoms with Crippen LogP contribution in [0.3, 0.4) is 0 Å². The van der Waals surface area contributed by atoms with E-state index in [0.29, 0.717) is 12.3 Å². The van der Waals surface area contributed by atoms with Gasteiger partial charge in [-0.2, -0.15) is 0 Å². The molecule has 0 atom stereocenters. The fourth-order valence-electron chi connectivity index (χ4n) is 1.44. The van der Waals surface area contributed by atoms with Gasteiger partial charge >= 0.3 is 0 Å². The lowest BCUT2D eigenvalue weighted by Gasteiger charge is -2.08. The number of nitrogens with one attached hydrogen (secondary N) is 2. The van der Waals surface area contributed by atoms with Crippen molar-refractivity contribution < 1.29 is 4.79 Å². The third-order valence-electron chi connectivity index (χ3n) is 2.21. The molecule has 92 valence electrons. The van der Waals surface area contributed by atoms with E-state index < -0.39 is 0 Å². The van der Waals surface area contributed by atoms with Gasteiger partial charge in [0.05, 0.1) is 0 Å². The molecule has 0 aliphatic heterocycles. The molecule has 0 heterocycles. The van der Waals surface area contributed by atoms with Gasteiger partial charge in [-0.05, 0) is 30.2 Å². The van der Waals surface area contributed by atoms with Crippen molar-refractivity contribution >= 4 is 17.3 Å². The molecule has 0 unspecified atom stereocenters. The number of anilines is 2. The first kappa shape index (κ1) is 13.3. The van der Waals surface area contributed by atoms with Gasteiger partial charge in [0.1, 0.15) is 0 Å². The summed E-state index contributed by atoms with van der Waals surface area (Å²) in [7, 11) is 0. The van der Waals surface area contributed by atoms with Crippen molar-refractivity contribution in [1.82, 2.24) is 0 Å². The first-order chi connectivity index (χ1) is 8.11. The molecule has 3 nitrogen and oxygen atoms in total. The van der Waals surface area contributed by atoms with Crippen LogP contribution < -0.4 is 10.6 Å². The van der Waals surface area contributed by atoms with Gasteiger partial charge in [0.15, 0.2) is 0 Å². The Labute approximate surface area is 103 Å². The summed E-state index contributed by atoms with van der Waals surface area (Å²) >= 11 is 0. The average molecular weight is 232 g/mol. The molecule has 1 aromatic rings. The lowest BCUT2D eigenvalue weighted by atomic mass is 10.1. The summed E-state index contributed by atoms with van der Waals surface area (Å²) in [6.45, 7) is 8.44. The van der Waals surface area contributed by atoms with Gasteiger partial charge in [0.2, 0.25) is 5.91 Å². The second kappa shape index (κ2) is 6.74. The highest BCUT2D eigenvalue weighted by Gasteiger charge is 2.04. The Morgan fingerprint density at radius 2 is 1.88 bits per heavy atom. The summed E-state index contributed by atoms with van der Waals surface area (Å²) in [6.07, 6.45) is 2.36. The fourth-order valence-corrected chi connectivity index (χ4v) is 1.44. The van der Waals surface area contributed by atoms with Crippen LogP contribution in [0.25, 0.3) is 0 Å². The Morgan fingerprint density at radius 3 is 2.41 bits per heavy atom. The van der Waals surface area contributed by atoms with Crippen molar-refractivity contribution in [1.29, 1.82) is 0 Å². The topological polar surface area (TPSA) is 41.1 Å². The second-order valence-electron chi connectivity index (χ2n) is 4.39. The van der Waals surface area contributed by atoms with Crippen LogP contribution in [-0.4, -0.2) is 12.5 Å². The van der Waals surface area contributed by atoms with Crippen molar-refractivity contribution in [3.8, 4) is 0 Å². The van der Waals surface area contributed by atoms with Crippen molar-refractivity contribution in [3.05, 3.63) is 36.9 Å². The molecule has 0 fully saturated rings. The Morgan fingerprint density at radius 1 is 1.29 bits per heavy atom. The second-order valence-corrected chi connectivity index (χ2v) is 4.39. The molecule has 0 radical (unpaired) electrons. The zero-order chi connectivity index (χ0) is 12.7. The molecule has 1 rings (SSSR count). The molecule has 1 aromatic carbocycles. The van der Waals surface area contributed by atoms with Gasteiger partial charge in [-0.1, -0.05) is 19.9 Å². The molecule has 2 N–H and O–H groups in total. The van der Waals surface area contributed by atoms with Crippen molar-refractivity contribution in [2.45, 2.75) is 20.3 Å². The monoisotopic (exact) mass is 232 g/mol. The maximum absolute atomic E-state index is 11.5. The Kier molecular flexibility index (Phi) is 5.27. The molecule has 0 saturated carbocycles. The summed E-state index contributed by atoms with van der Waals surface area (Å²) in [5, 5.41) is 6.05. The largest absolute Gasteiger partial charge is 0.382 e. The van der Waals surface area contributed by atoms with Gasteiger partial charge in [0.25, 0.3) is 0 Å². The number of benzene rings is 1. The maximum Gasteiger partial charge on any atom is 0.224 e. The Hall–Kier alpha value is -1.77. The lowest BCUT2D eigenvalue weighted by molar-refractivity contribution is -0.116. The fraction of sp³-hybridized carbons (Fsp3) is 0.357. The number of hydrogen-bond acceptors (Lipinski definition) is 2. The highest BCUT2D eigenvalue weighted by atomic mass is 16.1. The Balaban J connectivity index is 2.50.